The summed E-state index contributed by atoms with van der Waals surface area (Å²) in [4.78, 5) is 3.25. The fourth-order valence-corrected chi connectivity index (χ4v) is 3.26. The number of hydrogen-bond donors (Lipinski definition) is 3. The van der Waals surface area contributed by atoms with E-state index in [9.17, 15) is 5.11 Å². The molecule has 1 aromatic rings. The predicted molar refractivity (Wildman–Crippen MR) is 81.9 cm³/mol. The van der Waals surface area contributed by atoms with Gasteiger partial charge in [0.1, 0.15) is 0 Å². The van der Waals surface area contributed by atoms with Crippen LogP contribution in [-0.2, 0) is 0 Å². The second-order valence-electron chi connectivity index (χ2n) is 4.71. The Hall–Kier alpha value is -0.460. The van der Waals surface area contributed by atoms with Crippen LogP contribution in [0, 0.1) is 0 Å². The number of aliphatic hydroxyl groups is 1. The maximum absolute atomic E-state index is 10.1. The minimum Gasteiger partial charge on any atom is -0.399 e. The van der Waals surface area contributed by atoms with E-state index in [1.165, 1.54) is 0 Å². The van der Waals surface area contributed by atoms with Gasteiger partial charge in [0.15, 0.2) is 0 Å². The highest BCUT2D eigenvalue weighted by atomic mass is 35.5. The van der Waals surface area contributed by atoms with Gasteiger partial charge in [0, 0.05) is 49.1 Å². The van der Waals surface area contributed by atoms with E-state index in [0.29, 0.717) is 16.5 Å². The summed E-state index contributed by atoms with van der Waals surface area (Å²) in [6.07, 6.45) is -0.336. The lowest BCUT2D eigenvalue weighted by Gasteiger charge is -2.29. The number of anilines is 1. The molecular formula is C13H20ClN3OS. The number of β-amino-alcohol motifs (C(OH)–C–C–N with tert-alkyl or cyclic N) is 1. The number of halogens is 1. The van der Waals surface area contributed by atoms with Crippen LogP contribution in [0.25, 0.3) is 0 Å². The topological polar surface area (TPSA) is 61.5 Å². The third-order valence-corrected chi connectivity index (χ3v) is 4.71. The summed E-state index contributed by atoms with van der Waals surface area (Å²) in [5.41, 5.74) is 6.31. The fraction of sp³-hybridized carbons (Fsp3) is 0.538. The van der Waals surface area contributed by atoms with E-state index >= 15 is 0 Å². The van der Waals surface area contributed by atoms with Crippen molar-refractivity contribution in [1.29, 1.82) is 0 Å². The lowest BCUT2D eigenvalue weighted by atomic mass is 10.3. The van der Waals surface area contributed by atoms with Crippen LogP contribution in [0.4, 0.5) is 5.69 Å². The van der Waals surface area contributed by atoms with Crippen LogP contribution in [0.1, 0.15) is 0 Å². The molecule has 1 aliphatic heterocycles. The second kappa shape index (κ2) is 7.36. The third kappa shape index (κ3) is 4.85. The summed E-state index contributed by atoms with van der Waals surface area (Å²) in [5.74, 6) is 0.646. The number of piperazine rings is 1. The lowest BCUT2D eigenvalue weighted by molar-refractivity contribution is 0.121. The summed E-state index contributed by atoms with van der Waals surface area (Å²) in [6.45, 7) is 4.74. The van der Waals surface area contributed by atoms with Crippen molar-refractivity contribution in [3.05, 3.63) is 23.2 Å². The quantitative estimate of drug-likeness (QED) is 0.565. The van der Waals surface area contributed by atoms with E-state index in [1.54, 1.807) is 17.8 Å². The van der Waals surface area contributed by atoms with Gasteiger partial charge in [-0.15, -0.1) is 11.8 Å². The maximum atomic E-state index is 10.1. The highest BCUT2D eigenvalue weighted by Crippen LogP contribution is 2.29. The van der Waals surface area contributed by atoms with Gasteiger partial charge >= 0.3 is 0 Å². The standard InChI is InChI=1S/C13H20ClN3OS/c14-12-7-10(15)1-2-13(12)19-9-11(18)8-17-5-3-16-4-6-17/h1-2,7,11,16,18H,3-6,8-9,15H2. The molecule has 1 heterocycles. The van der Waals surface area contributed by atoms with Crippen molar-refractivity contribution in [2.75, 3.05) is 44.2 Å². The van der Waals surface area contributed by atoms with Crippen molar-refractivity contribution in [3.63, 3.8) is 0 Å². The van der Waals surface area contributed by atoms with Gasteiger partial charge < -0.3 is 16.2 Å². The van der Waals surface area contributed by atoms with Crippen molar-refractivity contribution >= 4 is 29.1 Å². The molecule has 0 radical (unpaired) electrons. The first-order valence-electron chi connectivity index (χ1n) is 6.44. The van der Waals surface area contributed by atoms with Crippen molar-refractivity contribution in [2.24, 2.45) is 0 Å². The number of thioether (sulfide) groups is 1. The second-order valence-corrected chi connectivity index (χ2v) is 6.17. The van der Waals surface area contributed by atoms with Crippen molar-refractivity contribution in [1.82, 2.24) is 10.2 Å². The Bertz CT molecular complexity index is 413. The fourth-order valence-electron chi connectivity index (χ4n) is 2.06. The molecule has 0 aliphatic carbocycles. The molecule has 1 unspecified atom stereocenters. The van der Waals surface area contributed by atoms with E-state index in [-0.39, 0.29) is 6.10 Å². The number of aliphatic hydroxyl groups excluding tert-OH is 1. The van der Waals surface area contributed by atoms with Crippen molar-refractivity contribution in [3.8, 4) is 0 Å². The minimum atomic E-state index is -0.336. The molecule has 0 aromatic heterocycles. The summed E-state index contributed by atoms with van der Waals surface area (Å²) < 4.78 is 0. The van der Waals surface area contributed by atoms with Crippen molar-refractivity contribution in [2.45, 2.75) is 11.0 Å². The number of benzene rings is 1. The molecule has 106 valence electrons. The van der Waals surface area contributed by atoms with Gasteiger partial charge in [-0.3, -0.25) is 4.90 Å². The maximum Gasteiger partial charge on any atom is 0.0760 e. The summed E-state index contributed by atoms with van der Waals surface area (Å²) in [7, 11) is 0. The molecule has 0 saturated carbocycles. The zero-order valence-corrected chi connectivity index (χ0v) is 12.4. The third-order valence-electron chi connectivity index (χ3n) is 3.07. The van der Waals surface area contributed by atoms with E-state index in [2.05, 4.69) is 10.2 Å². The number of nitrogens with two attached hydrogens (primary N) is 1. The molecule has 4 nitrogen and oxygen atoms in total. The van der Waals surface area contributed by atoms with Crippen LogP contribution < -0.4 is 11.1 Å². The summed E-state index contributed by atoms with van der Waals surface area (Å²) in [6, 6.07) is 5.48. The summed E-state index contributed by atoms with van der Waals surface area (Å²) >= 11 is 7.68. The molecule has 19 heavy (non-hydrogen) atoms. The number of nitrogens with zero attached hydrogens (tertiary/aromatic N) is 1. The highest BCUT2D eigenvalue weighted by Gasteiger charge is 2.14. The zero-order chi connectivity index (χ0) is 13.7. The number of rotatable bonds is 5. The zero-order valence-electron chi connectivity index (χ0n) is 10.8. The van der Waals surface area contributed by atoms with E-state index < -0.39 is 0 Å². The average molecular weight is 302 g/mol. The predicted octanol–water partition coefficient (Wildman–Crippen LogP) is 1.28. The number of nitrogens with one attached hydrogen (secondary N) is 1. The van der Waals surface area contributed by atoms with Gasteiger partial charge in [0.2, 0.25) is 0 Å². The van der Waals surface area contributed by atoms with E-state index in [0.717, 1.165) is 37.6 Å². The Morgan fingerprint density at radius 1 is 1.42 bits per heavy atom. The molecule has 1 aliphatic rings. The van der Waals surface area contributed by atoms with Crippen LogP contribution in [0.5, 0.6) is 0 Å². The van der Waals surface area contributed by atoms with Crippen LogP contribution >= 0.6 is 23.4 Å². The van der Waals surface area contributed by atoms with E-state index in [4.69, 9.17) is 17.3 Å². The Morgan fingerprint density at radius 2 is 2.16 bits per heavy atom. The van der Waals surface area contributed by atoms with Crippen LogP contribution in [0.15, 0.2) is 23.1 Å². The Morgan fingerprint density at radius 3 is 2.84 bits per heavy atom. The molecule has 0 bridgehead atoms. The molecule has 1 fully saturated rings. The number of hydrogen-bond acceptors (Lipinski definition) is 5. The lowest BCUT2D eigenvalue weighted by Crippen LogP contribution is -2.46. The SMILES string of the molecule is Nc1ccc(SCC(O)CN2CCNCC2)c(Cl)c1. The van der Waals surface area contributed by atoms with Gasteiger partial charge in [0.05, 0.1) is 11.1 Å². The monoisotopic (exact) mass is 301 g/mol. The van der Waals surface area contributed by atoms with Crippen molar-refractivity contribution < 1.29 is 5.11 Å². The van der Waals surface area contributed by atoms with Crippen LogP contribution in [0.2, 0.25) is 5.02 Å². The smallest absolute Gasteiger partial charge is 0.0760 e. The summed E-state index contributed by atoms with van der Waals surface area (Å²) in [5, 5.41) is 14.0. The van der Waals surface area contributed by atoms with Crippen LogP contribution in [0.3, 0.4) is 0 Å². The first kappa shape index (κ1) is 14.9. The van der Waals surface area contributed by atoms with Crippen LogP contribution in [-0.4, -0.2) is 54.6 Å². The Balaban J connectivity index is 1.77. The van der Waals surface area contributed by atoms with Gasteiger partial charge in [-0.2, -0.15) is 0 Å². The molecule has 6 heteroatoms. The molecule has 4 N–H and O–H groups in total. The normalized spacial score (nSPS) is 18.4. The Labute approximate surface area is 123 Å². The minimum absolute atomic E-state index is 0.336. The average Bonchev–Trinajstić information content (AvgIpc) is 2.39. The molecule has 1 saturated heterocycles. The van der Waals surface area contributed by atoms with Gasteiger partial charge in [-0.1, -0.05) is 11.6 Å². The molecule has 0 amide bonds. The molecule has 2 rings (SSSR count). The molecule has 1 atom stereocenters. The molecule has 1 aromatic carbocycles. The Kier molecular flexibility index (Phi) is 5.78. The first-order valence-corrected chi connectivity index (χ1v) is 7.80. The molecule has 0 spiro atoms. The van der Waals surface area contributed by atoms with E-state index in [1.807, 2.05) is 12.1 Å². The largest absolute Gasteiger partial charge is 0.399 e. The molecular weight excluding hydrogens is 282 g/mol. The van der Waals surface area contributed by atoms with Gasteiger partial charge in [-0.25, -0.2) is 0 Å². The first-order chi connectivity index (χ1) is 9.15. The van der Waals surface area contributed by atoms with Gasteiger partial charge in [0.25, 0.3) is 0 Å². The van der Waals surface area contributed by atoms with Gasteiger partial charge in [-0.05, 0) is 18.2 Å². The number of nitrogen functional groups attached to an aromatic ring is 1. The highest BCUT2D eigenvalue weighted by molar-refractivity contribution is 7.99.